The summed E-state index contributed by atoms with van der Waals surface area (Å²) in [5, 5.41) is 21.6. The lowest BCUT2D eigenvalue weighted by molar-refractivity contribution is -0.130. The summed E-state index contributed by atoms with van der Waals surface area (Å²) in [6, 6.07) is 2.27. The molecule has 0 aliphatic heterocycles. The van der Waals surface area contributed by atoms with E-state index in [9.17, 15) is 10.1 Å². The van der Waals surface area contributed by atoms with Crippen LogP contribution in [0.2, 0.25) is 0 Å². The Morgan fingerprint density at radius 1 is 1.37 bits per heavy atom. The van der Waals surface area contributed by atoms with Crippen LogP contribution in [0.4, 0.5) is 0 Å². The molecule has 0 aromatic rings. The highest BCUT2D eigenvalue weighted by molar-refractivity contribution is 5.86. The Morgan fingerprint density at radius 3 is 2.37 bits per heavy atom. The third-order valence-corrected chi connectivity index (χ3v) is 4.46. The van der Waals surface area contributed by atoms with Gasteiger partial charge in [-0.1, -0.05) is 32.6 Å². The first kappa shape index (κ1) is 16.0. The zero-order valence-corrected chi connectivity index (χ0v) is 12.2. The van der Waals surface area contributed by atoms with Gasteiger partial charge in [-0.3, -0.25) is 4.79 Å². The number of carbonyl (C=O) groups excluding carboxylic acids is 1. The molecular weight excluding hydrogens is 240 g/mol. The summed E-state index contributed by atoms with van der Waals surface area (Å²) >= 11 is 0. The van der Waals surface area contributed by atoms with Gasteiger partial charge in [-0.05, 0) is 32.6 Å². The number of amides is 1. The lowest BCUT2D eigenvalue weighted by Crippen LogP contribution is -2.52. The number of rotatable bonds is 5. The van der Waals surface area contributed by atoms with E-state index in [1.165, 1.54) is 0 Å². The molecule has 108 valence electrons. The Bertz CT molecular complexity index is 341. The highest BCUT2D eigenvalue weighted by Gasteiger charge is 2.41. The van der Waals surface area contributed by atoms with Crippen molar-refractivity contribution < 1.29 is 9.90 Å². The van der Waals surface area contributed by atoms with Gasteiger partial charge in [0, 0.05) is 12.1 Å². The largest absolute Gasteiger partial charge is 0.396 e. The van der Waals surface area contributed by atoms with E-state index in [1.807, 2.05) is 13.8 Å². The molecule has 0 saturated heterocycles. The van der Waals surface area contributed by atoms with Crippen LogP contribution in [-0.2, 0) is 4.79 Å². The van der Waals surface area contributed by atoms with E-state index in [0.29, 0.717) is 19.3 Å². The van der Waals surface area contributed by atoms with Gasteiger partial charge >= 0.3 is 0 Å². The van der Waals surface area contributed by atoms with Gasteiger partial charge in [0.05, 0.1) is 6.07 Å². The predicted molar refractivity (Wildman–Crippen MR) is 74.3 cm³/mol. The molecule has 0 aromatic carbocycles. The van der Waals surface area contributed by atoms with Crippen molar-refractivity contribution in [3.63, 3.8) is 0 Å². The second kappa shape index (κ2) is 6.91. The van der Waals surface area contributed by atoms with E-state index in [2.05, 4.69) is 11.4 Å². The van der Waals surface area contributed by atoms with Gasteiger partial charge < -0.3 is 10.4 Å². The number of aliphatic hydroxyl groups excluding tert-OH is 1. The summed E-state index contributed by atoms with van der Waals surface area (Å²) in [6.07, 6.45) is 6.71. The maximum atomic E-state index is 12.5. The molecule has 1 saturated carbocycles. The predicted octanol–water partition coefficient (Wildman–Crippen LogP) is 2.52. The molecule has 1 fully saturated rings. The monoisotopic (exact) mass is 266 g/mol. The lowest BCUT2D eigenvalue weighted by Gasteiger charge is -2.33. The van der Waals surface area contributed by atoms with Gasteiger partial charge in [-0.25, -0.2) is 0 Å². The van der Waals surface area contributed by atoms with E-state index in [0.717, 1.165) is 32.1 Å². The zero-order valence-electron chi connectivity index (χ0n) is 12.2. The van der Waals surface area contributed by atoms with Gasteiger partial charge in [-0.15, -0.1) is 0 Å². The molecular formula is C15H26N2O2. The number of nitrogens with one attached hydrogen (secondary N) is 1. The molecule has 4 nitrogen and oxygen atoms in total. The third-order valence-electron chi connectivity index (χ3n) is 4.46. The maximum Gasteiger partial charge on any atom is 0.240 e. The van der Waals surface area contributed by atoms with E-state index in [4.69, 9.17) is 5.11 Å². The maximum absolute atomic E-state index is 12.5. The summed E-state index contributed by atoms with van der Waals surface area (Å²) in [5.74, 6) is -0.144. The normalized spacial score (nSPS) is 21.8. The van der Waals surface area contributed by atoms with Gasteiger partial charge in [0.15, 0.2) is 0 Å². The molecule has 0 aromatic heterocycles. The van der Waals surface area contributed by atoms with E-state index in [-0.39, 0.29) is 12.5 Å². The Labute approximate surface area is 116 Å². The van der Waals surface area contributed by atoms with Crippen molar-refractivity contribution in [1.29, 1.82) is 5.26 Å². The Balaban J connectivity index is 2.81. The molecule has 1 atom stereocenters. The second-order valence-corrected chi connectivity index (χ2v) is 5.95. The fourth-order valence-corrected chi connectivity index (χ4v) is 2.69. The molecule has 4 heteroatoms. The molecule has 0 radical (unpaired) electrons. The lowest BCUT2D eigenvalue weighted by atomic mass is 9.79. The summed E-state index contributed by atoms with van der Waals surface area (Å²) in [6.45, 7) is 3.97. The van der Waals surface area contributed by atoms with Crippen molar-refractivity contribution in [2.45, 2.75) is 70.8 Å². The quantitative estimate of drug-likeness (QED) is 0.751. The van der Waals surface area contributed by atoms with E-state index in [1.54, 1.807) is 0 Å². The van der Waals surface area contributed by atoms with Crippen molar-refractivity contribution in [2.75, 3.05) is 6.61 Å². The molecule has 0 bridgehead atoms. The zero-order chi connectivity index (χ0) is 14.4. The minimum Gasteiger partial charge on any atom is -0.396 e. The first-order chi connectivity index (χ1) is 9.02. The molecule has 19 heavy (non-hydrogen) atoms. The molecule has 1 aliphatic carbocycles. The number of hydrogen-bond acceptors (Lipinski definition) is 3. The molecule has 1 unspecified atom stereocenters. The van der Waals surface area contributed by atoms with Crippen LogP contribution in [-0.4, -0.2) is 23.2 Å². The van der Waals surface area contributed by atoms with Gasteiger partial charge in [0.25, 0.3) is 0 Å². The SMILES string of the molecule is CCC(C)(CCO)NC(=O)C1(C#N)CCCCCC1. The number of hydrogen-bond donors (Lipinski definition) is 2. The van der Waals surface area contributed by atoms with Crippen LogP contribution >= 0.6 is 0 Å². The van der Waals surface area contributed by atoms with Crippen molar-refractivity contribution in [3.05, 3.63) is 0 Å². The number of carbonyl (C=O) groups is 1. The van der Waals surface area contributed by atoms with Crippen LogP contribution in [0.3, 0.4) is 0 Å². The third kappa shape index (κ3) is 3.94. The van der Waals surface area contributed by atoms with Gasteiger partial charge in [0.1, 0.15) is 5.41 Å². The fraction of sp³-hybridized carbons (Fsp3) is 0.867. The minimum absolute atomic E-state index is 0.0458. The smallest absolute Gasteiger partial charge is 0.240 e. The first-order valence-corrected chi connectivity index (χ1v) is 7.37. The molecule has 0 spiro atoms. The van der Waals surface area contributed by atoms with Crippen molar-refractivity contribution in [2.24, 2.45) is 5.41 Å². The van der Waals surface area contributed by atoms with Crippen LogP contribution < -0.4 is 5.32 Å². The average molecular weight is 266 g/mol. The Morgan fingerprint density at radius 2 is 1.95 bits per heavy atom. The first-order valence-electron chi connectivity index (χ1n) is 7.37. The standard InChI is InChI=1S/C15H26N2O2/c1-3-14(2,10-11-18)17-13(19)15(12-16)8-6-4-5-7-9-15/h18H,3-11H2,1-2H3,(H,17,19). The second-order valence-electron chi connectivity index (χ2n) is 5.95. The minimum atomic E-state index is -0.859. The Hall–Kier alpha value is -1.08. The molecule has 2 N–H and O–H groups in total. The number of aliphatic hydroxyl groups is 1. The highest BCUT2D eigenvalue weighted by Crippen LogP contribution is 2.35. The average Bonchev–Trinajstić information content (AvgIpc) is 2.65. The fourth-order valence-electron chi connectivity index (χ4n) is 2.69. The van der Waals surface area contributed by atoms with Crippen LogP contribution in [0.1, 0.15) is 65.2 Å². The highest BCUT2D eigenvalue weighted by atomic mass is 16.3. The molecule has 1 rings (SSSR count). The number of nitriles is 1. The van der Waals surface area contributed by atoms with Crippen molar-refractivity contribution in [3.8, 4) is 6.07 Å². The van der Waals surface area contributed by atoms with Crippen LogP contribution in [0.25, 0.3) is 0 Å². The van der Waals surface area contributed by atoms with Crippen molar-refractivity contribution in [1.82, 2.24) is 5.32 Å². The molecule has 0 heterocycles. The van der Waals surface area contributed by atoms with Crippen LogP contribution in [0, 0.1) is 16.7 Å². The van der Waals surface area contributed by atoms with Crippen LogP contribution in [0.5, 0.6) is 0 Å². The summed E-state index contributed by atoms with van der Waals surface area (Å²) in [5.41, 5.74) is -1.27. The van der Waals surface area contributed by atoms with Crippen LogP contribution in [0.15, 0.2) is 0 Å². The van der Waals surface area contributed by atoms with Crippen molar-refractivity contribution >= 4 is 5.91 Å². The van der Waals surface area contributed by atoms with E-state index >= 15 is 0 Å². The van der Waals surface area contributed by atoms with Gasteiger partial charge in [0.2, 0.25) is 5.91 Å². The topological polar surface area (TPSA) is 73.1 Å². The number of nitrogens with zero attached hydrogens (tertiary/aromatic N) is 1. The summed E-state index contributed by atoms with van der Waals surface area (Å²) < 4.78 is 0. The summed E-state index contributed by atoms with van der Waals surface area (Å²) in [7, 11) is 0. The molecule has 1 aliphatic rings. The summed E-state index contributed by atoms with van der Waals surface area (Å²) in [4.78, 5) is 12.5. The van der Waals surface area contributed by atoms with Gasteiger partial charge in [-0.2, -0.15) is 5.26 Å². The Kier molecular flexibility index (Phi) is 5.81. The molecule has 1 amide bonds. The van der Waals surface area contributed by atoms with E-state index < -0.39 is 11.0 Å².